The summed E-state index contributed by atoms with van der Waals surface area (Å²) in [7, 11) is 5.99. The zero-order valence-electron chi connectivity index (χ0n) is 46.8. The molecule has 2 fully saturated rings. The highest BCUT2D eigenvalue weighted by molar-refractivity contribution is 5.97. The van der Waals surface area contributed by atoms with E-state index in [0.29, 0.717) is 54.1 Å². The molecule has 2 saturated heterocycles. The van der Waals surface area contributed by atoms with Gasteiger partial charge in [-0.25, -0.2) is 9.59 Å². The van der Waals surface area contributed by atoms with Crippen LogP contribution < -0.4 is 18.9 Å². The summed E-state index contributed by atoms with van der Waals surface area (Å²) in [6.07, 6.45) is 11.1. The van der Waals surface area contributed by atoms with Crippen molar-refractivity contribution >= 4 is 24.1 Å². The second-order valence-electron chi connectivity index (χ2n) is 20.4. The molecular weight excluding hydrogens is 1020 g/mol. The predicted molar refractivity (Wildman–Crippen MR) is 297 cm³/mol. The van der Waals surface area contributed by atoms with Crippen molar-refractivity contribution in [3.8, 4) is 23.0 Å². The van der Waals surface area contributed by atoms with E-state index in [0.717, 1.165) is 11.1 Å². The van der Waals surface area contributed by atoms with Gasteiger partial charge in [-0.2, -0.15) is 0 Å². The number of carbonyl (C=O) groups is 2. The fraction of sp³-hybridized carbons (Fsp3) is 0.452. The Balaban J connectivity index is 0.000000255. The van der Waals surface area contributed by atoms with Crippen LogP contribution in [0.15, 0.2) is 121 Å². The molecule has 79 heavy (non-hydrogen) atoms. The summed E-state index contributed by atoms with van der Waals surface area (Å²) in [6.45, 7) is 10.6. The Morgan fingerprint density at radius 3 is 2.04 bits per heavy atom. The Kier molecular flexibility index (Phi) is 22.8. The minimum absolute atomic E-state index is 0.0277. The zero-order valence-corrected chi connectivity index (χ0v) is 46.8. The van der Waals surface area contributed by atoms with E-state index in [-0.39, 0.29) is 42.3 Å². The van der Waals surface area contributed by atoms with Crippen LogP contribution in [-0.4, -0.2) is 135 Å². The van der Waals surface area contributed by atoms with Gasteiger partial charge in [0.15, 0.2) is 25.2 Å². The van der Waals surface area contributed by atoms with Crippen LogP contribution in [0.25, 0.3) is 12.2 Å². The van der Waals surface area contributed by atoms with E-state index < -0.39 is 72.3 Å². The van der Waals surface area contributed by atoms with E-state index in [9.17, 15) is 30.0 Å². The molecule has 3 heterocycles. The fourth-order valence-corrected chi connectivity index (χ4v) is 9.58. The van der Waals surface area contributed by atoms with Gasteiger partial charge < -0.3 is 72.5 Å². The van der Waals surface area contributed by atoms with Gasteiger partial charge in [0.25, 0.3) is 0 Å². The molecule has 4 aromatic rings. The van der Waals surface area contributed by atoms with Crippen molar-refractivity contribution in [2.24, 2.45) is 11.8 Å². The molecule has 4 aromatic carbocycles. The maximum Gasteiger partial charge on any atom is 0.342 e. The van der Waals surface area contributed by atoms with Gasteiger partial charge >= 0.3 is 11.9 Å². The number of carboxylic acid groups (broad SMARTS) is 1. The lowest BCUT2D eigenvalue weighted by Crippen LogP contribution is -2.34. The molecule has 10 atom stereocenters. The third kappa shape index (κ3) is 17.8. The van der Waals surface area contributed by atoms with E-state index in [4.69, 9.17) is 52.1 Å². The van der Waals surface area contributed by atoms with Gasteiger partial charge in [-0.15, -0.1) is 0 Å². The van der Waals surface area contributed by atoms with Gasteiger partial charge in [-0.1, -0.05) is 109 Å². The first-order valence-corrected chi connectivity index (χ1v) is 26.4. The first-order chi connectivity index (χ1) is 37.7. The van der Waals surface area contributed by atoms with Crippen molar-refractivity contribution in [3.05, 3.63) is 155 Å². The van der Waals surface area contributed by atoms with E-state index in [1.54, 1.807) is 70.4 Å². The summed E-state index contributed by atoms with van der Waals surface area (Å²) in [4.78, 5) is 25.7. The number of aromatic carboxylic acids is 1. The molecule has 0 spiro atoms. The number of carbonyl (C=O) groups excluding carboxylic acids is 1. The highest BCUT2D eigenvalue weighted by Gasteiger charge is 2.45. The summed E-state index contributed by atoms with van der Waals surface area (Å²) < 4.78 is 62.4. The monoisotopic (exact) mass is 1090 g/mol. The lowest BCUT2D eigenvalue weighted by molar-refractivity contribution is -0.152. The van der Waals surface area contributed by atoms with Crippen molar-refractivity contribution in [3.63, 3.8) is 0 Å². The molecule has 3 aliphatic heterocycles. The highest BCUT2D eigenvalue weighted by Crippen LogP contribution is 2.37. The molecule has 428 valence electrons. The molecule has 2 unspecified atom stereocenters. The van der Waals surface area contributed by atoms with E-state index in [2.05, 4.69) is 0 Å². The molecule has 0 bridgehead atoms. The third-order valence-electron chi connectivity index (χ3n) is 13.5. The van der Waals surface area contributed by atoms with Crippen LogP contribution in [0.1, 0.15) is 97.4 Å². The van der Waals surface area contributed by atoms with Crippen LogP contribution >= 0.6 is 0 Å². The number of benzene rings is 4. The van der Waals surface area contributed by atoms with Crippen LogP contribution in [0.4, 0.5) is 0 Å². The van der Waals surface area contributed by atoms with E-state index in [1.807, 2.05) is 106 Å². The maximum absolute atomic E-state index is 13.7. The molecule has 0 aromatic heterocycles. The number of fused-ring (bicyclic) bond motifs is 2. The molecule has 0 radical (unpaired) electrons. The Morgan fingerprint density at radius 1 is 0.785 bits per heavy atom. The first kappa shape index (κ1) is 61.8. The number of methoxy groups -OCH3 is 4. The second kappa shape index (κ2) is 29.2. The van der Waals surface area contributed by atoms with Gasteiger partial charge in [-0.3, -0.25) is 0 Å². The van der Waals surface area contributed by atoms with Crippen molar-refractivity contribution in [1.29, 1.82) is 0 Å². The van der Waals surface area contributed by atoms with Gasteiger partial charge in [0.05, 0.1) is 32.5 Å². The topological polar surface area (TPSA) is 217 Å². The molecule has 17 heteroatoms. The number of cyclic esters (lactones) is 1. The van der Waals surface area contributed by atoms with Gasteiger partial charge in [0.1, 0.15) is 64.6 Å². The SMILES string of the molecule is COCOc1cc(OC)cc(/C=C/C[C@@H]2OC(C)(C)O[C@@H]2C(O)/C=C\[C@@H](Cc2ccccc2)[C@H](C)O)c1C(=O)O.COCOc1cc(OC)cc2c1C(=O)O[C@@H](C)[C@H](Cc1ccccc1)/C=C\C(O)[C@H]1OC(C)(C)O[C@H]1C/C=C/2. The Labute approximate surface area is 463 Å². The quantitative estimate of drug-likeness (QED) is 0.0368. The second-order valence-corrected chi connectivity index (χ2v) is 20.4. The number of carboxylic acids is 1. The normalized spacial score (nSPS) is 24.6. The number of aliphatic hydroxyl groups is 3. The molecule has 7 rings (SSSR count). The van der Waals surface area contributed by atoms with Crippen molar-refractivity contribution < 1.29 is 82.1 Å². The molecule has 4 N–H and O–H groups in total. The average Bonchev–Trinajstić information content (AvgIpc) is 3.93. The number of aliphatic hydroxyl groups excluding tert-OH is 3. The third-order valence-corrected chi connectivity index (χ3v) is 13.5. The Morgan fingerprint density at radius 2 is 1.41 bits per heavy atom. The number of hydrogen-bond acceptors (Lipinski definition) is 16. The van der Waals surface area contributed by atoms with E-state index in [1.165, 1.54) is 27.4 Å². The van der Waals surface area contributed by atoms with Crippen molar-refractivity contribution in [1.82, 2.24) is 0 Å². The number of hydrogen-bond donors (Lipinski definition) is 4. The Bertz CT molecular complexity index is 2700. The molecule has 3 aliphatic rings. The summed E-state index contributed by atoms with van der Waals surface area (Å²) in [5.41, 5.74) is 3.37. The Hall–Kier alpha value is -6.38. The van der Waals surface area contributed by atoms with Crippen LogP contribution in [0.3, 0.4) is 0 Å². The van der Waals surface area contributed by atoms with Crippen LogP contribution in [0, 0.1) is 11.8 Å². The minimum atomic E-state index is -1.16. The minimum Gasteiger partial charge on any atom is -0.497 e. The lowest BCUT2D eigenvalue weighted by atomic mass is 9.92. The summed E-state index contributed by atoms with van der Waals surface area (Å²) >= 11 is 0. The number of rotatable bonds is 20. The lowest BCUT2D eigenvalue weighted by Gasteiger charge is -2.25. The standard InChI is InChI=1S/C31H40O9.C31H38O8/c1-20(32)22(16-21-10-7-6-8-11-21)14-15-25(33)29-26(39-31(2,3)40-29)13-9-12-23-17-24(37-5)18-27(38-19-36-4)28(23)30(34)35;1-20-22(16-21-10-7-6-8-11-21)14-15-25(32)29-26(38-31(2,3)39-29)13-9-12-23-17-24(35-5)18-27(36-19-34-4)28(23)30(33)37-20/h6-12,14-15,17-18,20,22,25-26,29,32-33H,13,16,19H2,1-5H3,(H,34,35);6-12,14-15,17-18,20,22,25-26,29,32H,13,16,19H2,1-5H3/b2*12-9+,15-14-/t2*20-,22-,25?,26-,29+/m00/s1. The van der Waals surface area contributed by atoms with Crippen LogP contribution in [-0.2, 0) is 46.0 Å². The summed E-state index contributed by atoms with van der Waals surface area (Å²) in [6, 6.07) is 26.3. The predicted octanol–water partition coefficient (Wildman–Crippen LogP) is 9.39. The summed E-state index contributed by atoms with van der Waals surface area (Å²) in [5, 5.41) is 42.3. The first-order valence-electron chi connectivity index (χ1n) is 26.4. The average molecular weight is 1100 g/mol. The largest absolute Gasteiger partial charge is 0.497 e. The van der Waals surface area contributed by atoms with Crippen LogP contribution in [0.5, 0.6) is 23.0 Å². The maximum atomic E-state index is 13.7. The van der Waals surface area contributed by atoms with Gasteiger partial charge in [0.2, 0.25) is 0 Å². The van der Waals surface area contributed by atoms with Crippen molar-refractivity contribution in [2.45, 2.75) is 128 Å². The van der Waals surface area contributed by atoms with Gasteiger partial charge in [-0.05, 0) is 102 Å². The summed E-state index contributed by atoms with van der Waals surface area (Å²) in [5.74, 6) is -2.49. The van der Waals surface area contributed by atoms with Crippen LogP contribution in [0.2, 0.25) is 0 Å². The number of ether oxygens (including phenoxy) is 11. The molecule has 0 amide bonds. The fourth-order valence-electron chi connectivity index (χ4n) is 9.58. The zero-order chi connectivity index (χ0) is 57.3. The van der Waals surface area contributed by atoms with Crippen molar-refractivity contribution in [2.75, 3.05) is 42.0 Å². The van der Waals surface area contributed by atoms with Gasteiger partial charge in [0, 0.05) is 38.2 Å². The molecule has 0 saturated carbocycles. The molecular formula is C62H78O17. The number of esters is 1. The molecule has 17 nitrogen and oxygen atoms in total. The van der Waals surface area contributed by atoms with E-state index >= 15 is 0 Å². The smallest absolute Gasteiger partial charge is 0.342 e. The highest BCUT2D eigenvalue weighted by atomic mass is 16.8. The molecule has 0 aliphatic carbocycles.